The monoisotopic (exact) mass is 292 g/mol. The third-order valence-corrected chi connectivity index (χ3v) is 4.72. The van der Waals surface area contributed by atoms with Gasteiger partial charge in [0.05, 0.1) is 10.6 Å². The van der Waals surface area contributed by atoms with Gasteiger partial charge in [-0.25, -0.2) is 17.5 Å². The summed E-state index contributed by atoms with van der Waals surface area (Å²) in [5.74, 6) is -0.0523. The van der Waals surface area contributed by atoms with E-state index < -0.39 is 15.8 Å². The molecule has 0 aliphatic heterocycles. The third-order valence-electron chi connectivity index (χ3n) is 2.46. The van der Waals surface area contributed by atoms with E-state index in [1.54, 1.807) is 11.8 Å². The van der Waals surface area contributed by atoms with Gasteiger partial charge in [-0.3, -0.25) is 0 Å². The summed E-state index contributed by atoms with van der Waals surface area (Å²) in [6, 6.07) is 3.32. The molecule has 0 amide bonds. The van der Waals surface area contributed by atoms with Crippen molar-refractivity contribution >= 4 is 27.5 Å². The van der Waals surface area contributed by atoms with Crippen molar-refractivity contribution in [2.45, 2.75) is 24.3 Å². The van der Waals surface area contributed by atoms with Crippen molar-refractivity contribution in [2.24, 2.45) is 0 Å². The average Bonchev–Trinajstić information content (AvgIpc) is 2.31. The largest absolute Gasteiger partial charge is 0.396 e. The lowest BCUT2D eigenvalue weighted by Crippen LogP contribution is -2.36. The highest BCUT2D eigenvalue weighted by atomic mass is 32.2. The topological polar surface area (TPSA) is 72.2 Å². The molecule has 0 saturated carbocycles. The molecule has 0 aliphatic carbocycles. The molecule has 18 heavy (non-hydrogen) atoms. The van der Waals surface area contributed by atoms with Crippen molar-refractivity contribution in [2.75, 3.05) is 17.7 Å². The molecular formula is C11H17FN2O2S2. The average molecular weight is 292 g/mol. The van der Waals surface area contributed by atoms with Crippen LogP contribution in [0, 0.1) is 5.82 Å². The van der Waals surface area contributed by atoms with Gasteiger partial charge in [0, 0.05) is 11.8 Å². The second kappa shape index (κ2) is 6.40. The van der Waals surface area contributed by atoms with E-state index in [4.69, 9.17) is 5.73 Å². The van der Waals surface area contributed by atoms with E-state index >= 15 is 0 Å². The number of halogens is 1. The highest BCUT2D eigenvalue weighted by Gasteiger charge is 2.19. The Balaban J connectivity index is 2.95. The minimum Gasteiger partial charge on any atom is -0.396 e. The molecule has 1 rings (SSSR count). The zero-order valence-corrected chi connectivity index (χ0v) is 11.9. The normalized spacial score (nSPS) is 13.5. The van der Waals surface area contributed by atoms with Crippen LogP contribution >= 0.6 is 11.8 Å². The Labute approximate surface area is 111 Å². The number of nitrogen functional groups attached to an aromatic ring is 1. The minimum atomic E-state index is -3.69. The Hall–Kier alpha value is -0.790. The summed E-state index contributed by atoms with van der Waals surface area (Å²) in [4.78, 5) is -0.103. The molecule has 0 aliphatic rings. The Kier molecular flexibility index (Phi) is 5.43. The number of hydrogen-bond donors (Lipinski definition) is 2. The maximum Gasteiger partial charge on any atom is 0.240 e. The van der Waals surface area contributed by atoms with Crippen molar-refractivity contribution in [1.82, 2.24) is 4.72 Å². The van der Waals surface area contributed by atoms with Gasteiger partial charge < -0.3 is 5.73 Å². The zero-order chi connectivity index (χ0) is 13.8. The first-order valence-electron chi connectivity index (χ1n) is 5.47. The lowest BCUT2D eigenvalue weighted by molar-refractivity contribution is 0.556. The van der Waals surface area contributed by atoms with Crippen LogP contribution in [0.5, 0.6) is 0 Å². The summed E-state index contributed by atoms with van der Waals surface area (Å²) in [6.07, 6.45) is 2.58. The summed E-state index contributed by atoms with van der Waals surface area (Å²) >= 11 is 1.55. The summed E-state index contributed by atoms with van der Waals surface area (Å²) < 4.78 is 39.8. The lowest BCUT2D eigenvalue weighted by Gasteiger charge is -2.16. The van der Waals surface area contributed by atoms with Crippen LogP contribution in [0.1, 0.15) is 13.3 Å². The van der Waals surface area contributed by atoms with E-state index in [1.165, 1.54) is 12.1 Å². The summed E-state index contributed by atoms with van der Waals surface area (Å²) in [7, 11) is -3.69. The standard InChI is InChI=1S/C11H17FN2O2S2/c1-3-8(7-17-2)14-18(15,16)9-4-5-11(13)10(12)6-9/h4-6,8,14H,3,7,13H2,1-2H3. The highest BCUT2D eigenvalue weighted by molar-refractivity contribution is 7.98. The van der Waals surface area contributed by atoms with Gasteiger partial charge in [0.15, 0.2) is 0 Å². The van der Waals surface area contributed by atoms with Crippen LogP contribution in [0.15, 0.2) is 23.1 Å². The van der Waals surface area contributed by atoms with Gasteiger partial charge in [0.1, 0.15) is 5.82 Å². The van der Waals surface area contributed by atoms with Crippen LogP contribution in [-0.2, 0) is 10.0 Å². The molecule has 1 aromatic carbocycles. The van der Waals surface area contributed by atoms with Crippen LogP contribution < -0.4 is 10.5 Å². The maximum atomic E-state index is 13.3. The van der Waals surface area contributed by atoms with Gasteiger partial charge in [0.25, 0.3) is 0 Å². The van der Waals surface area contributed by atoms with Crippen molar-refractivity contribution in [3.05, 3.63) is 24.0 Å². The molecule has 0 saturated heterocycles. The predicted octanol–water partition coefficient (Wildman–Crippen LogP) is 1.83. The van der Waals surface area contributed by atoms with Crippen LogP contribution in [-0.4, -0.2) is 26.5 Å². The van der Waals surface area contributed by atoms with E-state index in [-0.39, 0.29) is 16.6 Å². The van der Waals surface area contributed by atoms with E-state index in [0.29, 0.717) is 12.2 Å². The molecule has 0 bridgehead atoms. The molecule has 0 fully saturated rings. The number of nitrogens with two attached hydrogens (primary N) is 1. The summed E-state index contributed by atoms with van der Waals surface area (Å²) in [6.45, 7) is 1.90. The second-order valence-electron chi connectivity index (χ2n) is 3.87. The summed E-state index contributed by atoms with van der Waals surface area (Å²) in [5, 5.41) is 0. The van der Waals surface area contributed by atoms with Crippen LogP contribution in [0.4, 0.5) is 10.1 Å². The number of anilines is 1. The first-order chi connectivity index (χ1) is 8.40. The number of benzene rings is 1. The lowest BCUT2D eigenvalue weighted by atomic mass is 10.3. The van der Waals surface area contributed by atoms with E-state index in [2.05, 4.69) is 4.72 Å². The number of rotatable bonds is 6. The molecule has 1 aromatic rings. The Morgan fingerprint density at radius 1 is 1.50 bits per heavy atom. The number of thioether (sulfide) groups is 1. The molecule has 1 unspecified atom stereocenters. The third kappa shape index (κ3) is 3.86. The van der Waals surface area contributed by atoms with E-state index in [9.17, 15) is 12.8 Å². The quantitative estimate of drug-likeness (QED) is 0.785. The van der Waals surface area contributed by atoms with Gasteiger partial charge in [-0.1, -0.05) is 6.92 Å². The molecule has 3 N–H and O–H groups in total. The van der Waals surface area contributed by atoms with Crippen molar-refractivity contribution in [1.29, 1.82) is 0 Å². The number of hydrogen-bond acceptors (Lipinski definition) is 4. The highest BCUT2D eigenvalue weighted by Crippen LogP contribution is 2.17. The van der Waals surface area contributed by atoms with Crippen LogP contribution in [0.25, 0.3) is 0 Å². The van der Waals surface area contributed by atoms with Crippen molar-refractivity contribution in [3.63, 3.8) is 0 Å². The van der Waals surface area contributed by atoms with E-state index in [0.717, 1.165) is 6.07 Å². The SMILES string of the molecule is CCC(CSC)NS(=O)(=O)c1ccc(N)c(F)c1. The smallest absolute Gasteiger partial charge is 0.240 e. The molecule has 102 valence electrons. The summed E-state index contributed by atoms with van der Waals surface area (Å²) in [5.41, 5.74) is 5.25. The molecule has 0 spiro atoms. The number of nitrogens with one attached hydrogen (secondary N) is 1. The Morgan fingerprint density at radius 3 is 2.67 bits per heavy atom. The Bertz CT molecular complexity index is 506. The Morgan fingerprint density at radius 2 is 2.17 bits per heavy atom. The minimum absolute atomic E-state index is 0.0647. The van der Waals surface area contributed by atoms with Gasteiger partial charge >= 0.3 is 0 Å². The molecular weight excluding hydrogens is 275 g/mol. The molecule has 0 radical (unpaired) electrons. The van der Waals surface area contributed by atoms with Crippen molar-refractivity contribution in [3.8, 4) is 0 Å². The molecule has 7 heteroatoms. The van der Waals surface area contributed by atoms with Gasteiger partial charge in [-0.15, -0.1) is 0 Å². The fourth-order valence-electron chi connectivity index (χ4n) is 1.40. The molecule has 1 atom stereocenters. The van der Waals surface area contributed by atoms with Crippen molar-refractivity contribution < 1.29 is 12.8 Å². The van der Waals surface area contributed by atoms with Crippen LogP contribution in [0.3, 0.4) is 0 Å². The first-order valence-corrected chi connectivity index (χ1v) is 8.34. The van der Waals surface area contributed by atoms with Gasteiger partial charge in [0.2, 0.25) is 10.0 Å². The van der Waals surface area contributed by atoms with Gasteiger partial charge in [-0.2, -0.15) is 11.8 Å². The first kappa shape index (κ1) is 15.3. The molecule has 0 heterocycles. The van der Waals surface area contributed by atoms with Gasteiger partial charge in [-0.05, 0) is 30.9 Å². The second-order valence-corrected chi connectivity index (χ2v) is 6.49. The van der Waals surface area contributed by atoms with Crippen LogP contribution in [0.2, 0.25) is 0 Å². The molecule has 4 nitrogen and oxygen atoms in total. The number of sulfonamides is 1. The fourth-order valence-corrected chi connectivity index (χ4v) is 3.56. The predicted molar refractivity (Wildman–Crippen MR) is 73.6 cm³/mol. The van der Waals surface area contributed by atoms with E-state index in [1.807, 2.05) is 13.2 Å². The molecule has 0 aromatic heterocycles. The maximum absolute atomic E-state index is 13.3. The fraction of sp³-hybridized carbons (Fsp3) is 0.455. The zero-order valence-electron chi connectivity index (χ0n) is 10.3.